The number of nitrogens with two attached hydrogens (primary N) is 1. The Bertz CT molecular complexity index is 877. The highest BCUT2D eigenvalue weighted by Crippen LogP contribution is 2.31. The maximum absolute atomic E-state index is 13.0. The van der Waals surface area contributed by atoms with Gasteiger partial charge in [-0.3, -0.25) is 9.59 Å². The third kappa shape index (κ3) is 3.63. The van der Waals surface area contributed by atoms with E-state index >= 15 is 0 Å². The molecule has 1 saturated heterocycles. The van der Waals surface area contributed by atoms with Crippen LogP contribution in [-0.2, 0) is 24.2 Å². The van der Waals surface area contributed by atoms with Crippen LogP contribution >= 0.6 is 0 Å². The zero-order valence-corrected chi connectivity index (χ0v) is 16.6. The number of ketones is 1. The highest BCUT2D eigenvalue weighted by Gasteiger charge is 2.30. The van der Waals surface area contributed by atoms with Gasteiger partial charge in [0.2, 0.25) is 5.91 Å². The number of hydrogen-bond acceptors (Lipinski definition) is 3. The smallest absolute Gasteiger partial charge is 0.227 e. The largest absolute Gasteiger partial charge is 0.343 e. The van der Waals surface area contributed by atoms with E-state index in [1.165, 1.54) is 5.56 Å². The molecule has 2 aliphatic rings. The van der Waals surface area contributed by atoms with E-state index in [4.69, 9.17) is 5.73 Å². The van der Waals surface area contributed by atoms with Crippen LogP contribution in [0.2, 0.25) is 0 Å². The summed E-state index contributed by atoms with van der Waals surface area (Å²) in [5.74, 6) is 0.313. The SMILES string of the molecule is Cc1c(CC(=O)N2CCC(N)CC2)c2c(n1Cc1ccccc1)CCCC2=O. The lowest BCUT2D eigenvalue weighted by molar-refractivity contribution is -0.131. The van der Waals surface area contributed by atoms with Crippen LogP contribution in [0.5, 0.6) is 0 Å². The lowest BCUT2D eigenvalue weighted by Gasteiger charge is -2.30. The van der Waals surface area contributed by atoms with E-state index in [1.54, 1.807) is 0 Å². The second-order valence-electron chi connectivity index (χ2n) is 8.13. The Kier molecular flexibility index (Phi) is 5.36. The first-order chi connectivity index (χ1) is 13.5. The molecule has 2 N–H and O–H groups in total. The fourth-order valence-electron chi connectivity index (χ4n) is 4.59. The summed E-state index contributed by atoms with van der Waals surface area (Å²) in [5.41, 5.74) is 11.1. The average molecular weight is 380 g/mol. The van der Waals surface area contributed by atoms with Crippen molar-refractivity contribution < 1.29 is 9.59 Å². The minimum Gasteiger partial charge on any atom is -0.343 e. The van der Waals surface area contributed by atoms with Gasteiger partial charge < -0.3 is 15.2 Å². The Balaban J connectivity index is 1.65. The zero-order chi connectivity index (χ0) is 19.7. The zero-order valence-electron chi connectivity index (χ0n) is 16.6. The highest BCUT2D eigenvalue weighted by molar-refractivity contribution is 6.01. The van der Waals surface area contributed by atoms with Crippen LogP contribution in [0.15, 0.2) is 30.3 Å². The van der Waals surface area contributed by atoms with E-state index in [0.29, 0.717) is 12.8 Å². The molecule has 28 heavy (non-hydrogen) atoms. The molecule has 0 radical (unpaired) electrons. The molecule has 148 valence electrons. The number of carbonyl (C=O) groups excluding carboxylic acids is 2. The normalized spacial score (nSPS) is 17.6. The van der Waals surface area contributed by atoms with E-state index in [2.05, 4.69) is 23.6 Å². The van der Waals surface area contributed by atoms with Crippen molar-refractivity contribution in [2.45, 2.75) is 58.0 Å². The molecule has 2 heterocycles. The van der Waals surface area contributed by atoms with Gasteiger partial charge in [0.25, 0.3) is 0 Å². The van der Waals surface area contributed by atoms with Gasteiger partial charge in [-0.2, -0.15) is 0 Å². The van der Waals surface area contributed by atoms with Gasteiger partial charge in [-0.25, -0.2) is 0 Å². The molecule has 1 aliphatic carbocycles. The average Bonchev–Trinajstić information content (AvgIpc) is 2.96. The Morgan fingerprint density at radius 2 is 1.86 bits per heavy atom. The van der Waals surface area contributed by atoms with Crippen LogP contribution in [0.25, 0.3) is 0 Å². The van der Waals surface area contributed by atoms with Gasteiger partial charge in [-0.15, -0.1) is 0 Å². The van der Waals surface area contributed by atoms with Crippen molar-refractivity contribution in [3.05, 3.63) is 58.4 Å². The fraction of sp³-hybridized carbons (Fsp3) is 0.478. The van der Waals surface area contributed by atoms with Crippen LogP contribution in [0.1, 0.15) is 58.6 Å². The summed E-state index contributed by atoms with van der Waals surface area (Å²) in [6, 6.07) is 10.5. The number of nitrogens with zero attached hydrogens (tertiary/aromatic N) is 2. The van der Waals surface area contributed by atoms with Crippen LogP contribution < -0.4 is 5.73 Å². The van der Waals surface area contributed by atoms with Gasteiger partial charge in [0.1, 0.15) is 0 Å². The minimum absolute atomic E-state index is 0.119. The molecule has 1 amide bonds. The van der Waals surface area contributed by atoms with Gasteiger partial charge >= 0.3 is 0 Å². The number of benzene rings is 1. The number of Topliss-reactive ketones (excluding diaryl/α,β-unsaturated/α-hetero) is 1. The standard InChI is InChI=1S/C23H29N3O2/c1-16-19(14-22(28)25-12-10-18(24)11-13-25)23-20(8-5-9-21(23)27)26(16)15-17-6-3-2-4-7-17/h2-4,6-7,18H,5,8-15,24H2,1H3. The van der Waals surface area contributed by atoms with Gasteiger partial charge in [0.15, 0.2) is 5.78 Å². The van der Waals surface area contributed by atoms with E-state index in [9.17, 15) is 9.59 Å². The fourth-order valence-corrected chi connectivity index (χ4v) is 4.59. The molecule has 0 unspecified atom stereocenters. The first-order valence-electron chi connectivity index (χ1n) is 10.4. The molecule has 1 fully saturated rings. The molecule has 5 nitrogen and oxygen atoms in total. The van der Waals surface area contributed by atoms with Gasteiger partial charge in [0.05, 0.1) is 6.42 Å². The molecule has 0 atom stereocenters. The van der Waals surface area contributed by atoms with Gasteiger partial charge in [0, 0.05) is 49.0 Å². The second-order valence-corrected chi connectivity index (χ2v) is 8.13. The molecule has 0 saturated carbocycles. The lowest BCUT2D eigenvalue weighted by atomic mass is 9.91. The number of fused-ring (bicyclic) bond motifs is 1. The first kappa shape index (κ1) is 18.9. The van der Waals surface area contributed by atoms with Crippen LogP contribution in [0.4, 0.5) is 0 Å². The summed E-state index contributed by atoms with van der Waals surface area (Å²) in [7, 11) is 0. The molecule has 0 bridgehead atoms. The minimum atomic E-state index is 0.119. The van der Waals surface area contributed by atoms with Crippen LogP contribution in [0, 0.1) is 6.92 Å². The number of carbonyl (C=O) groups is 2. The van der Waals surface area contributed by atoms with Crippen LogP contribution in [-0.4, -0.2) is 40.3 Å². The number of likely N-dealkylation sites (tertiary alicyclic amines) is 1. The summed E-state index contributed by atoms with van der Waals surface area (Å²) in [5, 5.41) is 0. The lowest BCUT2D eigenvalue weighted by Crippen LogP contribution is -2.43. The number of aromatic nitrogens is 1. The Labute approximate surface area is 166 Å². The Morgan fingerprint density at radius 3 is 2.57 bits per heavy atom. The predicted octanol–water partition coefficient (Wildman–Crippen LogP) is 2.86. The van der Waals surface area contributed by atoms with E-state index < -0.39 is 0 Å². The third-order valence-electron chi connectivity index (χ3n) is 6.26. The molecule has 2 aromatic rings. The quantitative estimate of drug-likeness (QED) is 0.888. The first-order valence-corrected chi connectivity index (χ1v) is 10.4. The van der Waals surface area contributed by atoms with Crippen LogP contribution in [0.3, 0.4) is 0 Å². The van der Waals surface area contributed by atoms with E-state index in [0.717, 1.165) is 67.8 Å². The summed E-state index contributed by atoms with van der Waals surface area (Å²) in [6.45, 7) is 4.25. The number of rotatable bonds is 4. The van der Waals surface area contributed by atoms with Crippen molar-refractivity contribution in [2.24, 2.45) is 5.73 Å². The molecule has 5 heteroatoms. The summed E-state index contributed by atoms with van der Waals surface area (Å²) in [6.07, 6.45) is 4.41. The summed E-state index contributed by atoms with van der Waals surface area (Å²) < 4.78 is 2.26. The second kappa shape index (κ2) is 7.92. The maximum Gasteiger partial charge on any atom is 0.227 e. The molecule has 0 spiro atoms. The molecule has 1 aliphatic heterocycles. The van der Waals surface area contributed by atoms with Crippen molar-refractivity contribution in [1.82, 2.24) is 9.47 Å². The molecule has 1 aromatic carbocycles. The Hall–Kier alpha value is -2.40. The summed E-state index contributed by atoms with van der Waals surface area (Å²) >= 11 is 0. The maximum atomic E-state index is 13.0. The number of amides is 1. The van der Waals surface area contributed by atoms with Gasteiger partial charge in [-0.1, -0.05) is 30.3 Å². The van der Waals surface area contributed by atoms with E-state index in [-0.39, 0.29) is 17.7 Å². The molecule has 1 aromatic heterocycles. The topological polar surface area (TPSA) is 68.3 Å². The third-order valence-corrected chi connectivity index (χ3v) is 6.26. The van der Waals surface area contributed by atoms with Crippen molar-refractivity contribution in [1.29, 1.82) is 0 Å². The highest BCUT2D eigenvalue weighted by atomic mass is 16.2. The molecule has 4 rings (SSSR count). The van der Waals surface area contributed by atoms with Crippen molar-refractivity contribution in [2.75, 3.05) is 13.1 Å². The Morgan fingerprint density at radius 1 is 1.14 bits per heavy atom. The van der Waals surface area contributed by atoms with Crippen molar-refractivity contribution >= 4 is 11.7 Å². The molecular weight excluding hydrogens is 350 g/mol. The number of piperidine rings is 1. The van der Waals surface area contributed by atoms with Gasteiger partial charge in [-0.05, 0) is 43.7 Å². The predicted molar refractivity (Wildman–Crippen MR) is 109 cm³/mol. The van der Waals surface area contributed by atoms with E-state index in [1.807, 2.05) is 23.1 Å². The summed E-state index contributed by atoms with van der Waals surface area (Å²) in [4.78, 5) is 27.6. The van der Waals surface area contributed by atoms with Crippen molar-refractivity contribution in [3.8, 4) is 0 Å². The number of hydrogen-bond donors (Lipinski definition) is 1. The van der Waals surface area contributed by atoms with Crippen molar-refractivity contribution in [3.63, 3.8) is 0 Å². The molecular formula is C23H29N3O2. The monoisotopic (exact) mass is 379 g/mol.